The Bertz CT molecular complexity index is 1350. The van der Waals surface area contributed by atoms with Gasteiger partial charge in [-0.2, -0.15) is 6.67 Å². The zero-order chi connectivity index (χ0) is 20.1. The first kappa shape index (κ1) is 19.2. The van der Waals surface area contributed by atoms with Crippen LogP contribution in [-0.4, -0.2) is 15.3 Å². The van der Waals surface area contributed by atoms with Crippen molar-refractivity contribution in [3.8, 4) is 0 Å². The Hall–Kier alpha value is -1.73. The Morgan fingerprint density at radius 2 is 1.48 bits per heavy atom. The molecule has 0 saturated heterocycles. The quantitative estimate of drug-likeness (QED) is 0.128. The Morgan fingerprint density at radius 1 is 0.793 bits per heavy atom. The molecule has 0 saturated carbocycles. The fourth-order valence-corrected chi connectivity index (χ4v) is 4.41. The standard InChI is InChI=1S/C24H20N3.Ag.HI/c1-16(2)25-12-13-26(15-25)17-10-11-23-21(14-17)20-8-5-7-19-18-6-3-4-9-22(18)27(23)24(19)20;;/h3-16H,1-2H3;;1H/q-1;+1;/p-1. The van der Waals surface area contributed by atoms with E-state index in [1.54, 1.807) is 0 Å². The van der Waals surface area contributed by atoms with E-state index in [2.05, 4.69) is 125 Å². The summed E-state index contributed by atoms with van der Waals surface area (Å²) in [7, 11) is 0. The van der Waals surface area contributed by atoms with E-state index < -0.39 is 0 Å². The Labute approximate surface area is 192 Å². The van der Waals surface area contributed by atoms with Crippen LogP contribution in [0.4, 0.5) is 5.69 Å². The molecule has 0 spiro atoms. The monoisotopic (exact) mass is 584 g/mol. The van der Waals surface area contributed by atoms with Gasteiger partial charge >= 0.3 is 36.3 Å². The second-order valence-corrected chi connectivity index (χ2v) is 7.62. The van der Waals surface area contributed by atoms with Crippen LogP contribution in [-0.2, 0) is 17.3 Å². The molecular formula is C24H20AgIN3-. The Balaban J connectivity index is 0.000000882. The molecule has 0 aliphatic carbocycles. The summed E-state index contributed by atoms with van der Waals surface area (Å²) >= 11 is 4.88. The SMILES string of the molecule is CC(C)N1C=CN(c2ccc3c(c2)c2cccc4c5ccccc5n3c42)[CH-]1.[Ag][I]. The fourth-order valence-electron chi connectivity index (χ4n) is 4.41. The van der Waals surface area contributed by atoms with Crippen LogP contribution in [0.1, 0.15) is 13.8 Å². The van der Waals surface area contributed by atoms with Crippen molar-refractivity contribution in [2.75, 3.05) is 4.90 Å². The molecule has 2 aromatic heterocycles. The summed E-state index contributed by atoms with van der Waals surface area (Å²) in [6.07, 6.45) is 4.27. The van der Waals surface area contributed by atoms with Gasteiger partial charge in [-0.05, 0) is 56.6 Å². The van der Waals surface area contributed by atoms with Gasteiger partial charge in [0.05, 0.1) is 16.6 Å². The first-order valence-corrected chi connectivity index (χ1v) is 14.0. The van der Waals surface area contributed by atoms with E-state index in [-0.39, 0.29) is 0 Å². The molecule has 0 N–H and O–H groups in total. The normalized spacial score (nSPS) is 14.1. The summed E-state index contributed by atoms with van der Waals surface area (Å²) in [6.45, 7) is 6.57. The predicted molar refractivity (Wildman–Crippen MR) is 128 cm³/mol. The van der Waals surface area contributed by atoms with E-state index in [9.17, 15) is 0 Å². The topological polar surface area (TPSA) is 10.9 Å². The summed E-state index contributed by atoms with van der Waals surface area (Å²) < 4.78 is 2.42. The number of para-hydroxylation sites is 2. The number of halogens is 1. The first-order chi connectivity index (χ1) is 14.2. The van der Waals surface area contributed by atoms with Crippen molar-refractivity contribution in [3.63, 3.8) is 0 Å². The van der Waals surface area contributed by atoms with Gasteiger partial charge in [0, 0.05) is 27.2 Å². The number of aromatic nitrogens is 1. The fraction of sp³-hybridized carbons (Fsp3) is 0.125. The van der Waals surface area contributed by atoms with Gasteiger partial charge in [-0.25, -0.2) is 0 Å². The summed E-state index contributed by atoms with van der Waals surface area (Å²) in [6, 6.07) is 22.6. The number of rotatable bonds is 2. The predicted octanol–water partition coefficient (Wildman–Crippen LogP) is 6.84. The summed E-state index contributed by atoms with van der Waals surface area (Å²) in [5.41, 5.74) is 5.08. The van der Waals surface area contributed by atoms with E-state index in [0.29, 0.717) is 6.04 Å². The second kappa shape index (κ2) is 7.51. The van der Waals surface area contributed by atoms with Crippen molar-refractivity contribution in [1.29, 1.82) is 0 Å². The van der Waals surface area contributed by atoms with Crippen molar-refractivity contribution in [2.45, 2.75) is 19.9 Å². The molecule has 5 heteroatoms. The van der Waals surface area contributed by atoms with Gasteiger partial charge < -0.3 is 14.2 Å². The van der Waals surface area contributed by atoms with Crippen molar-refractivity contribution >= 4 is 62.8 Å². The molecular weight excluding hydrogens is 565 g/mol. The molecule has 150 valence electrons. The van der Waals surface area contributed by atoms with Crippen LogP contribution in [0.5, 0.6) is 0 Å². The zero-order valence-corrected chi connectivity index (χ0v) is 19.7. The van der Waals surface area contributed by atoms with Gasteiger partial charge in [-0.1, -0.05) is 36.4 Å². The molecule has 0 bridgehead atoms. The third kappa shape index (κ3) is 2.88. The van der Waals surface area contributed by atoms with E-state index in [1.807, 2.05) is 19.0 Å². The van der Waals surface area contributed by atoms with Gasteiger partial charge in [0.2, 0.25) is 0 Å². The molecule has 0 fully saturated rings. The first-order valence-electron chi connectivity index (χ1n) is 9.60. The number of fused-ring (bicyclic) bond motifs is 6. The molecule has 3 nitrogen and oxygen atoms in total. The molecule has 0 atom stereocenters. The van der Waals surface area contributed by atoms with Crippen LogP contribution < -0.4 is 4.90 Å². The molecule has 0 unspecified atom stereocenters. The summed E-state index contributed by atoms with van der Waals surface area (Å²) in [5, 5.41) is 5.29. The molecule has 6 rings (SSSR count). The van der Waals surface area contributed by atoms with Crippen molar-refractivity contribution < 1.29 is 17.3 Å². The van der Waals surface area contributed by atoms with Gasteiger partial charge in [0.25, 0.3) is 0 Å². The van der Waals surface area contributed by atoms with Crippen LogP contribution in [0.2, 0.25) is 0 Å². The second-order valence-electron chi connectivity index (χ2n) is 7.62. The third-order valence-corrected chi connectivity index (χ3v) is 5.76. The molecule has 1 aliphatic heterocycles. The zero-order valence-electron chi connectivity index (χ0n) is 16.1. The van der Waals surface area contributed by atoms with Crippen LogP contribution >= 0.6 is 19.0 Å². The molecule has 0 radical (unpaired) electrons. The van der Waals surface area contributed by atoms with Crippen molar-refractivity contribution in [1.82, 2.24) is 9.30 Å². The van der Waals surface area contributed by atoms with Crippen LogP contribution in [0.25, 0.3) is 38.1 Å². The number of hydrogen-bond acceptors (Lipinski definition) is 2. The molecule has 5 aromatic rings. The number of hydrogen-bond donors (Lipinski definition) is 0. The van der Waals surface area contributed by atoms with E-state index in [4.69, 9.17) is 0 Å². The van der Waals surface area contributed by atoms with Crippen LogP contribution in [0.15, 0.2) is 73.1 Å². The Kier molecular flexibility index (Phi) is 4.98. The number of anilines is 1. The van der Waals surface area contributed by atoms with E-state index in [0.717, 1.165) is 0 Å². The minimum atomic E-state index is 0.460. The average Bonchev–Trinajstić information content (AvgIpc) is 3.46. The summed E-state index contributed by atoms with van der Waals surface area (Å²) in [5.74, 6) is 0. The van der Waals surface area contributed by atoms with Gasteiger partial charge in [0.15, 0.2) is 0 Å². The van der Waals surface area contributed by atoms with Gasteiger partial charge in [-0.15, -0.1) is 0 Å². The maximum atomic E-state index is 2.92. The van der Waals surface area contributed by atoms with Crippen molar-refractivity contribution in [2.24, 2.45) is 0 Å². The number of benzene rings is 3. The molecule has 0 amide bonds. The van der Waals surface area contributed by atoms with Crippen LogP contribution in [0.3, 0.4) is 0 Å². The molecule has 3 heterocycles. The van der Waals surface area contributed by atoms with Gasteiger partial charge in [-0.3, -0.25) is 0 Å². The number of nitrogens with zero attached hydrogens (tertiary/aromatic N) is 3. The van der Waals surface area contributed by atoms with Crippen LogP contribution in [0, 0.1) is 6.67 Å². The third-order valence-electron chi connectivity index (χ3n) is 5.76. The molecule has 3 aromatic carbocycles. The van der Waals surface area contributed by atoms with Crippen molar-refractivity contribution in [3.05, 3.63) is 79.7 Å². The molecule has 29 heavy (non-hydrogen) atoms. The van der Waals surface area contributed by atoms with E-state index in [1.165, 1.54) is 43.8 Å². The van der Waals surface area contributed by atoms with E-state index >= 15 is 0 Å². The summed E-state index contributed by atoms with van der Waals surface area (Å²) in [4.78, 5) is 4.43. The van der Waals surface area contributed by atoms with Gasteiger partial charge in [0.1, 0.15) is 0 Å². The average molecular weight is 585 g/mol. The Morgan fingerprint density at radius 3 is 2.24 bits per heavy atom. The molecule has 1 aliphatic rings. The minimum absolute atomic E-state index is 0.460. The maximum absolute atomic E-state index is 2.92.